The third kappa shape index (κ3) is 8.24. The van der Waals surface area contributed by atoms with E-state index in [2.05, 4.69) is 39.4 Å². The Morgan fingerprint density at radius 3 is 2.51 bits per heavy atom. The minimum atomic E-state index is -3.91. The molecule has 1 aromatic carbocycles. The van der Waals surface area contributed by atoms with Gasteiger partial charge in [0.1, 0.15) is 23.7 Å². The van der Waals surface area contributed by atoms with Gasteiger partial charge in [-0.2, -0.15) is 0 Å². The van der Waals surface area contributed by atoms with Gasteiger partial charge in [0.2, 0.25) is 21.8 Å². The fourth-order valence-corrected chi connectivity index (χ4v) is 8.93. The van der Waals surface area contributed by atoms with Crippen LogP contribution in [0.1, 0.15) is 96.3 Å². The van der Waals surface area contributed by atoms with Crippen molar-refractivity contribution >= 4 is 45.9 Å². The van der Waals surface area contributed by atoms with Gasteiger partial charge in [0.25, 0.3) is 5.91 Å². The smallest absolute Gasteiger partial charge is 0.410 e. The van der Waals surface area contributed by atoms with Crippen LogP contribution in [0.3, 0.4) is 0 Å². The number of allylic oxidation sites excluding steroid dienone is 1. The Labute approximate surface area is 311 Å². The molecule has 0 radical (unpaired) electrons. The van der Waals surface area contributed by atoms with Crippen LogP contribution in [0.4, 0.5) is 9.59 Å². The highest BCUT2D eigenvalue weighted by molar-refractivity contribution is 7.91. The number of amides is 6. The predicted molar refractivity (Wildman–Crippen MR) is 197 cm³/mol. The summed E-state index contributed by atoms with van der Waals surface area (Å²) in [5.74, 6) is -2.67. The van der Waals surface area contributed by atoms with Crippen LogP contribution in [-0.4, -0.2) is 89.1 Å². The van der Waals surface area contributed by atoms with Gasteiger partial charge in [-0.1, -0.05) is 57.2 Å². The second kappa shape index (κ2) is 14.1. The number of fused-ring (bicyclic) bond motifs is 3. The first-order chi connectivity index (χ1) is 24.8. The van der Waals surface area contributed by atoms with E-state index in [1.54, 1.807) is 25.7 Å². The molecule has 6 rings (SSSR count). The summed E-state index contributed by atoms with van der Waals surface area (Å²) in [6.07, 6.45) is 7.35. The molecule has 0 spiro atoms. The van der Waals surface area contributed by atoms with Crippen molar-refractivity contribution in [2.75, 3.05) is 6.54 Å². The Bertz CT molecular complexity index is 1830. The molecular formula is C38H52N6O8S. The monoisotopic (exact) mass is 752 g/mol. The first kappa shape index (κ1) is 38.3. The van der Waals surface area contributed by atoms with E-state index < -0.39 is 85.7 Å². The second-order valence-corrected chi connectivity index (χ2v) is 18.8. The molecule has 288 valence electrons. The number of nitrogens with one attached hydrogen (secondary N) is 4. The lowest BCUT2D eigenvalue weighted by Gasteiger charge is -2.36. The Hall–Kier alpha value is -4.40. The molecule has 4 bridgehead atoms. The van der Waals surface area contributed by atoms with Crippen LogP contribution in [0, 0.1) is 11.3 Å². The molecule has 2 aliphatic carbocycles. The van der Waals surface area contributed by atoms with Crippen LogP contribution >= 0.6 is 0 Å². The van der Waals surface area contributed by atoms with Gasteiger partial charge in [-0.3, -0.25) is 24.0 Å². The molecule has 0 unspecified atom stereocenters. The molecule has 3 fully saturated rings. The maximum atomic E-state index is 14.5. The summed E-state index contributed by atoms with van der Waals surface area (Å²) in [5, 5.41) is 7.97. The number of ether oxygens (including phenoxy) is 1. The van der Waals surface area contributed by atoms with Gasteiger partial charge < -0.3 is 25.6 Å². The molecule has 1 aromatic rings. The molecule has 14 nitrogen and oxygen atoms in total. The number of hydrogen-bond donors (Lipinski definition) is 4. The summed E-state index contributed by atoms with van der Waals surface area (Å²) < 4.78 is 33.5. The van der Waals surface area contributed by atoms with Crippen molar-refractivity contribution in [2.45, 2.75) is 127 Å². The van der Waals surface area contributed by atoms with Gasteiger partial charge in [-0.25, -0.2) is 18.0 Å². The number of carbonyl (C=O) groups excluding carboxylic acids is 5. The Balaban J connectivity index is 1.29. The molecule has 3 heterocycles. The number of carbonyl (C=O) groups is 5. The van der Waals surface area contributed by atoms with Crippen molar-refractivity contribution in [3.8, 4) is 0 Å². The van der Waals surface area contributed by atoms with Crippen molar-refractivity contribution in [1.82, 2.24) is 30.5 Å². The van der Waals surface area contributed by atoms with Gasteiger partial charge >= 0.3 is 12.1 Å². The SMILES string of the molecule is C=C[C@@H]1C[C@]1(NC(=O)[C@@H]1C[C@@H]2CN1C(=O)[C@H](C(C)(C)C)NC(=O)NC(C)(C)CCCC=Cc1cccc3c1CN(C3)C(=O)O2)C(=O)NS(=O)(=O)C1CC1. The molecule has 5 aliphatic rings. The summed E-state index contributed by atoms with van der Waals surface area (Å²) in [6.45, 7) is 13.5. The highest BCUT2D eigenvalue weighted by Crippen LogP contribution is 2.45. The fourth-order valence-electron chi connectivity index (χ4n) is 7.57. The second-order valence-electron chi connectivity index (χ2n) is 16.8. The first-order valence-corrected chi connectivity index (χ1v) is 20.0. The normalized spacial score (nSPS) is 29.0. The van der Waals surface area contributed by atoms with Crippen LogP contribution in [0.15, 0.2) is 36.9 Å². The average Bonchev–Trinajstić information content (AvgIpc) is 3.96. The van der Waals surface area contributed by atoms with E-state index in [0.29, 0.717) is 32.4 Å². The van der Waals surface area contributed by atoms with E-state index in [1.165, 1.54) is 11.0 Å². The zero-order valence-electron chi connectivity index (χ0n) is 31.2. The number of nitrogens with zero attached hydrogens (tertiary/aromatic N) is 2. The van der Waals surface area contributed by atoms with Crippen LogP contribution < -0.4 is 20.7 Å². The van der Waals surface area contributed by atoms with Crippen LogP contribution in [0.5, 0.6) is 0 Å². The summed E-state index contributed by atoms with van der Waals surface area (Å²) in [4.78, 5) is 72.2. The van der Waals surface area contributed by atoms with Gasteiger partial charge in [0.15, 0.2) is 0 Å². The van der Waals surface area contributed by atoms with Crippen molar-refractivity contribution in [3.05, 3.63) is 53.6 Å². The van der Waals surface area contributed by atoms with Gasteiger partial charge in [0, 0.05) is 24.4 Å². The highest BCUT2D eigenvalue weighted by atomic mass is 32.2. The summed E-state index contributed by atoms with van der Waals surface area (Å²) >= 11 is 0. The minimum absolute atomic E-state index is 0.0784. The number of rotatable bonds is 6. The van der Waals surface area contributed by atoms with Gasteiger partial charge in [-0.15, -0.1) is 6.58 Å². The molecular weight excluding hydrogens is 701 g/mol. The van der Waals surface area contributed by atoms with E-state index in [1.807, 2.05) is 32.0 Å². The lowest BCUT2D eigenvalue weighted by atomic mass is 9.85. The zero-order valence-corrected chi connectivity index (χ0v) is 32.0. The molecule has 5 atom stereocenters. The van der Waals surface area contributed by atoms with Crippen molar-refractivity contribution < 1.29 is 37.1 Å². The summed E-state index contributed by atoms with van der Waals surface area (Å²) in [5.41, 5.74) is 0.0593. The third-order valence-corrected chi connectivity index (χ3v) is 12.8. The maximum absolute atomic E-state index is 14.5. The van der Waals surface area contributed by atoms with Gasteiger partial charge in [-0.05, 0) is 74.5 Å². The molecule has 15 heteroatoms. The highest BCUT2D eigenvalue weighted by Gasteiger charge is 2.62. The quantitative estimate of drug-likeness (QED) is 0.319. The topological polar surface area (TPSA) is 183 Å². The van der Waals surface area contributed by atoms with Crippen LogP contribution in [0.2, 0.25) is 0 Å². The van der Waals surface area contributed by atoms with E-state index in [4.69, 9.17) is 4.74 Å². The molecule has 4 N–H and O–H groups in total. The maximum Gasteiger partial charge on any atom is 0.410 e. The number of urea groups is 1. The van der Waals surface area contributed by atoms with Crippen molar-refractivity contribution in [2.24, 2.45) is 11.3 Å². The van der Waals surface area contributed by atoms with Crippen LogP contribution in [-0.2, 0) is 42.2 Å². The number of sulfonamides is 1. The summed E-state index contributed by atoms with van der Waals surface area (Å²) in [6, 6.07) is 3.10. The first-order valence-electron chi connectivity index (χ1n) is 18.5. The predicted octanol–water partition coefficient (Wildman–Crippen LogP) is 3.47. The lowest BCUT2D eigenvalue weighted by molar-refractivity contribution is -0.142. The molecule has 2 saturated carbocycles. The molecule has 6 amide bonds. The van der Waals surface area contributed by atoms with Crippen LogP contribution in [0.25, 0.3) is 6.08 Å². The van der Waals surface area contributed by atoms with E-state index in [9.17, 15) is 32.4 Å². The Morgan fingerprint density at radius 2 is 1.85 bits per heavy atom. The Morgan fingerprint density at radius 1 is 1.11 bits per heavy atom. The fraction of sp³-hybridized carbons (Fsp3) is 0.605. The van der Waals surface area contributed by atoms with E-state index in [-0.39, 0.29) is 19.4 Å². The summed E-state index contributed by atoms with van der Waals surface area (Å²) in [7, 11) is -3.91. The molecule has 0 aromatic heterocycles. The van der Waals surface area contributed by atoms with Crippen molar-refractivity contribution in [1.29, 1.82) is 0 Å². The molecule has 3 aliphatic heterocycles. The molecule has 1 saturated heterocycles. The standard InChI is InChI=1S/C38H52N6O8S/c1-7-25-19-38(25,33(47)42-53(50,51)27-15-16-27)40-31(45)29-18-26-21-44(29)32(46)30(36(2,3)4)39-34(48)41-37(5,6)17-10-8-9-12-23-13-11-14-24-20-43(22-28(23)24)35(49)52-26/h7,9,11-14,25-27,29-30H,1,8,10,15-22H2,2-6H3,(H,40,45)(H,42,47)(H2,39,41,48)/t25-,26-,29+,30-,38-/m1/s1. The largest absolute Gasteiger partial charge is 0.444 e. The Kier molecular flexibility index (Phi) is 10.2. The van der Waals surface area contributed by atoms with E-state index in [0.717, 1.165) is 29.5 Å². The number of hydrogen-bond acceptors (Lipinski definition) is 8. The zero-order chi connectivity index (χ0) is 38.5. The molecule has 53 heavy (non-hydrogen) atoms. The minimum Gasteiger partial charge on any atom is -0.444 e. The van der Waals surface area contributed by atoms with Crippen molar-refractivity contribution in [3.63, 3.8) is 0 Å². The average molecular weight is 753 g/mol. The van der Waals surface area contributed by atoms with Gasteiger partial charge in [0.05, 0.1) is 18.3 Å². The lowest BCUT2D eigenvalue weighted by Crippen LogP contribution is -2.62. The number of benzene rings is 1. The van der Waals surface area contributed by atoms with E-state index >= 15 is 0 Å². The third-order valence-electron chi connectivity index (χ3n) is 11.0.